The van der Waals surface area contributed by atoms with Crippen molar-refractivity contribution < 1.29 is 14.4 Å². The lowest BCUT2D eigenvalue weighted by molar-refractivity contribution is -0.121. The summed E-state index contributed by atoms with van der Waals surface area (Å²) in [6, 6.07) is 18.8. The van der Waals surface area contributed by atoms with Crippen LogP contribution in [0.2, 0.25) is 0 Å². The summed E-state index contributed by atoms with van der Waals surface area (Å²) in [7, 11) is 0. The number of anilines is 1. The molecule has 0 bridgehead atoms. The molecule has 7 nitrogen and oxygen atoms in total. The van der Waals surface area contributed by atoms with Crippen molar-refractivity contribution in [1.82, 2.24) is 14.9 Å². The highest BCUT2D eigenvalue weighted by Gasteiger charge is 2.44. The van der Waals surface area contributed by atoms with Gasteiger partial charge < -0.3 is 5.32 Å². The van der Waals surface area contributed by atoms with Crippen molar-refractivity contribution in [3.63, 3.8) is 0 Å². The molecular weight excluding hydrogens is 472 g/mol. The molecule has 3 amide bonds. The fourth-order valence-electron chi connectivity index (χ4n) is 4.30. The molecule has 2 unspecified atom stereocenters. The highest BCUT2D eigenvalue weighted by Crippen LogP contribution is 2.31. The first-order chi connectivity index (χ1) is 17.5. The van der Waals surface area contributed by atoms with Gasteiger partial charge in [-0.25, -0.2) is 4.98 Å². The van der Waals surface area contributed by atoms with Crippen LogP contribution in [0.3, 0.4) is 0 Å². The molecule has 1 N–H and O–H groups in total. The fourth-order valence-corrected chi connectivity index (χ4v) is 5.10. The van der Waals surface area contributed by atoms with Gasteiger partial charge in [0.15, 0.2) is 0 Å². The lowest BCUT2D eigenvalue weighted by Gasteiger charge is -2.29. The van der Waals surface area contributed by atoms with Gasteiger partial charge in [0.05, 0.1) is 22.5 Å². The Morgan fingerprint density at radius 1 is 0.972 bits per heavy atom. The quantitative estimate of drug-likeness (QED) is 0.340. The number of amides is 3. The van der Waals surface area contributed by atoms with E-state index in [0.717, 1.165) is 26.9 Å². The van der Waals surface area contributed by atoms with E-state index < -0.39 is 23.8 Å². The van der Waals surface area contributed by atoms with Crippen molar-refractivity contribution in [3.8, 4) is 22.0 Å². The van der Waals surface area contributed by atoms with Crippen LogP contribution in [0.25, 0.3) is 22.0 Å². The molecule has 2 atom stereocenters. The van der Waals surface area contributed by atoms with Gasteiger partial charge in [-0.2, -0.15) is 0 Å². The lowest BCUT2D eigenvalue weighted by atomic mass is 9.96. The normalized spacial score (nSPS) is 14.4. The van der Waals surface area contributed by atoms with Gasteiger partial charge in [-0.1, -0.05) is 50.6 Å². The lowest BCUT2D eigenvalue weighted by Crippen LogP contribution is -2.50. The number of aromatic nitrogens is 2. The second kappa shape index (κ2) is 9.83. The summed E-state index contributed by atoms with van der Waals surface area (Å²) in [4.78, 5) is 49.9. The summed E-state index contributed by atoms with van der Waals surface area (Å²) in [5.74, 6) is -1.50. The number of pyridine rings is 1. The second-order valence-electron chi connectivity index (χ2n) is 8.68. The van der Waals surface area contributed by atoms with E-state index in [1.807, 2.05) is 55.6 Å². The molecule has 3 heterocycles. The average Bonchev–Trinajstić information content (AvgIpc) is 3.50. The SMILES string of the molecule is CCC(C)C(C(=O)Nc1cccc(-c2csc(-c3ccccn3)n2)c1)N1C(=O)c2ccccc2C1=O. The third-order valence-corrected chi connectivity index (χ3v) is 7.23. The van der Waals surface area contributed by atoms with Crippen LogP contribution in [0, 0.1) is 5.92 Å². The topological polar surface area (TPSA) is 92.3 Å². The maximum Gasteiger partial charge on any atom is 0.262 e. The van der Waals surface area contributed by atoms with Crippen LogP contribution in [-0.4, -0.2) is 38.6 Å². The van der Waals surface area contributed by atoms with Crippen molar-refractivity contribution in [1.29, 1.82) is 0 Å². The number of hydrogen-bond acceptors (Lipinski definition) is 6. The molecule has 0 saturated heterocycles. The van der Waals surface area contributed by atoms with Crippen molar-refractivity contribution in [2.45, 2.75) is 26.3 Å². The first kappa shape index (κ1) is 23.6. The van der Waals surface area contributed by atoms with Crippen LogP contribution in [0.5, 0.6) is 0 Å². The molecule has 2 aromatic heterocycles. The minimum absolute atomic E-state index is 0.227. The monoisotopic (exact) mass is 496 g/mol. The molecule has 1 aliphatic rings. The molecule has 1 aliphatic heterocycles. The predicted octanol–water partition coefficient (Wildman–Crippen LogP) is 5.52. The summed E-state index contributed by atoms with van der Waals surface area (Å²) < 4.78 is 0. The maximum absolute atomic E-state index is 13.5. The number of fused-ring (bicyclic) bond motifs is 1. The molecule has 2 aromatic carbocycles. The molecule has 8 heteroatoms. The molecule has 180 valence electrons. The number of hydrogen-bond donors (Lipinski definition) is 1. The minimum Gasteiger partial charge on any atom is -0.324 e. The van der Waals surface area contributed by atoms with E-state index in [4.69, 9.17) is 4.98 Å². The van der Waals surface area contributed by atoms with Gasteiger partial charge in [0.2, 0.25) is 5.91 Å². The molecule has 5 rings (SSSR count). The zero-order valence-electron chi connectivity index (χ0n) is 19.8. The number of carbonyl (C=O) groups excluding carboxylic acids is 3. The standard InChI is InChI=1S/C28H24N4O3S/c1-3-17(2)24(32-27(34)20-11-4-5-12-21(20)28(32)35)25(33)30-19-10-8-9-18(15-19)23-16-36-26(31-23)22-13-6-7-14-29-22/h4-17,24H,3H2,1-2H3,(H,30,33). The largest absolute Gasteiger partial charge is 0.324 e. The zero-order valence-corrected chi connectivity index (χ0v) is 20.7. The average molecular weight is 497 g/mol. The van der Waals surface area contributed by atoms with Crippen LogP contribution >= 0.6 is 11.3 Å². The smallest absolute Gasteiger partial charge is 0.262 e. The Morgan fingerprint density at radius 2 is 1.69 bits per heavy atom. The first-order valence-corrected chi connectivity index (χ1v) is 12.6. The molecule has 36 heavy (non-hydrogen) atoms. The number of nitrogens with zero attached hydrogens (tertiary/aromatic N) is 3. The second-order valence-corrected chi connectivity index (χ2v) is 9.54. The number of benzene rings is 2. The van der Waals surface area contributed by atoms with E-state index in [1.54, 1.807) is 36.5 Å². The van der Waals surface area contributed by atoms with Gasteiger partial charge in [-0.3, -0.25) is 24.3 Å². The molecule has 0 saturated carbocycles. The molecular formula is C28H24N4O3S. The van der Waals surface area contributed by atoms with Gasteiger partial charge in [0.25, 0.3) is 11.8 Å². The fraction of sp³-hybridized carbons (Fsp3) is 0.179. The van der Waals surface area contributed by atoms with Crippen LogP contribution in [-0.2, 0) is 4.79 Å². The number of rotatable bonds is 7. The van der Waals surface area contributed by atoms with Crippen molar-refractivity contribution >= 4 is 34.7 Å². The summed E-state index contributed by atoms with van der Waals surface area (Å²) in [6.07, 6.45) is 2.36. The van der Waals surface area contributed by atoms with Crippen molar-refractivity contribution in [3.05, 3.63) is 89.4 Å². The molecule has 0 spiro atoms. The Hall–Kier alpha value is -4.17. The van der Waals surface area contributed by atoms with Gasteiger partial charge in [0.1, 0.15) is 11.0 Å². The molecule has 0 radical (unpaired) electrons. The van der Waals surface area contributed by atoms with Crippen LogP contribution in [0.1, 0.15) is 41.0 Å². The van der Waals surface area contributed by atoms with Crippen LogP contribution < -0.4 is 5.32 Å². The third-order valence-electron chi connectivity index (χ3n) is 6.37. The summed E-state index contributed by atoms with van der Waals surface area (Å²) >= 11 is 1.50. The van der Waals surface area contributed by atoms with E-state index in [9.17, 15) is 14.4 Å². The van der Waals surface area contributed by atoms with Crippen LogP contribution in [0.15, 0.2) is 78.3 Å². The first-order valence-electron chi connectivity index (χ1n) is 11.7. The summed E-state index contributed by atoms with van der Waals surface area (Å²) in [6.45, 7) is 3.81. The van der Waals surface area contributed by atoms with Crippen LogP contribution in [0.4, 0.5) is 5.69 Å². The molecule has 4 aromatic rings. The van der Waals surface area contributed by atoms with Crippen molar-refractivity contribution in [2.75, 3.05) is 5.32 Å². The maximum atomic E-state index is 13.5. The summed E-state index contributed by atoms with van der Waals surface area (Å²) in [5, 5.41) is 5.69. The van der Waals surface area contributed by atoms with Gasteiger partial charge in [-0.05, 0) is 42.3 Å². The predicted molar refractivity (Wildman–Crippen MR) is 140 cm³/mol. The van der Waals surface area contributed by atoms with E-state index >= 15 is 0 Å². The third kappa shape index (κ3) is 4.31. The van der Waals surface area contributed by atoms with Gasteiger partial charge >= 0.3 is 0 Å². The Labute approximate surface area is 212 Å². The Kier molecular flexibility index (Phi) is 6.43. The number of carbonyl (C=O) groups is 3. The minimum atomic E-state index is -0.930. The number of nitrogens with one attached hydrogen (secondary N) is 1. The van der Waals surface area contributed by atoms with Crippen molar-refractivity contribution in [2.24, 2.45) is 5.92 Å². The summed E-state index contributed by atoms with van der Waals surface area (Å²) in [5.41, 5.74) is 3.64. The molecule has 0 fully saturated rings. The van der Waals surface area contributed by atoms with Gasteiger partial charge in [0, 0.05) is 22.8 Å². The Balaban J connectivity index is 1.40. The number of thiazole rings is 1. The Bertz CT molecular complexity index is 1410. The number of imide groups is 1. The zero-order chi connectivity index (χ0) is 25.2. The van der Waals surface area contributed by atoms with E-state index in [0.29, 0.717) is 23.2 Å². The highest BCUT2D eigenvalue weighted by molar-refractivity contribution is 7.13. The molecule has 0 aliphatic carbocycles. The van der Waals surface area contributed by atoms with E-state index in [2.05, 4.69) is 10.3 Å². The van der Waals surface area contributed by atoms with E-state index in [-0.39, 0.29) is 5.92 Å². The van der Waals surface area contributed by atoms with E-state index in [1.165, 1.54) is 11.3 Å². The Morgan fingerprint density at radius 3 is 2.36 bits per heavy atom. The highest BCUT2D eigenvalue weighted by atomic mass is 32.1. The van der Waals surface area contributed by atoms with Gasteiger partial charge in [-0.15, -0.1) is 11.3 Å².